The first-order valence-electron chi connectivity index (χ1n) is 6.31. The molecule has 0 N–H and O–H groups in total. The maximum absolute atomic E-state index is 10.9. The summed E-state index contributed by atoms with van der Waals surface area (Å²) in [5, 5.41) is 0. The van der Waals surface area contributed by atoms with Crippen molar-refractivity contribution in [2.45, 2.75) is 31.8 Å². The number of aldehydes is 1. The summed E-state index contributed by atoms with van der Waals surface area (Å²) in [6, 6.07) is 1.91. The van der Waals surface area contributed by atoms with Crippen LogP contribution in [0.3, 0.4) is 0 Å². The highest BCUT2D eigenvalue weighted by atomic mass is 16.5. The molecule has 2 aromatic rings. The Morgan fingerprint density at radius 3 is 3.22 bits per heavy atom. The molecule has 2 atom stereocenters. The highest BCUT2D eigenvalue weighted by Gasteiger charge is 2.23. The van der Waals surface area contributed by atoms with E-state index in [-0.39, 0.29) is 6.10 Å². The van der Waals surface area contributed by atoms with Crippen LogP contribution in [0, 0.1) is 0 Å². The standard InChI is InChI=1S/C14H16N2O2/c1-10-6-12(2-5-18-10)14-13-7-11(9-17)8-16(13)4-3-15-14/h3-4,7-10,12H,2,5-6H2,1H3. The van der Waals surface area contributed by atoms with Gasteiger partial charge in [-0.05, 0) is 25.8 Å². The predicted molar refractivity (Wildman–Crippen MR) is 68.0 cm³/mol. The van der Waals surface area contributed by atoms with Crippen LogP contribution in [-0.2, 0) is 4.74 Å². The lowest BCUT2D eigenvalue weighted by molar-refractivity contribution is 0.0182. The van der Waals surface area contributed by atoms with Crippen LogP contribution in [0.4, 0.5) is 0 Å². The molecular formula is C14H16N2O2. The number of ether oxygens (including phenoxy) is 1. The van der Waals surface area contributed by atoms with Crippen molar-refractivity contribution in [1.29, 1.82) is 0 Å². The predicted octanol–water partition coefficient (Wildman–Crippen LogP) is 2.43. The van der Waals surface area contributed by atoms with Gasteiger partial charge in [0.05, 0.1) is 17.3 Å². The van der Waals surface area contributed by atoms with Crippen LogP contribution in [0.5, 0.6) is 0 Å². The number of rotatable bonds is 2. The van der Waals surface area contributed by atoms with E-state index in [0.717, 1.165) is 36.9 Å². The normalized spacial score (nSPS) is 24.3. The van der Waals surface area contributed by atoms with Crippen LogP contribution in [-0.4, -0.2) is 28.4 Å². The van der Waals surface area contributed by atoms with Gasteiger partial charge in [0.15, 0.2) is 6.29 Å². The van der Waals surface area contributed by atoms with E-state index in [1.165, 1.54) is 0 Å². The zero-order chi connectivity index (χ0) is 12.5. The van der Waals surface area contributed by atoms with Gasteiger partial charge in [-0.15, -0.1) is 0 Å². The summed E-state index contributed by atoms with van der Waals surface area (Å²) in [4.78, 5) is 15.4. The number of carbonyl (C=O) groups excluding carboxylic acids is 1. The van der Waals surface area contributed by atoms with Gasteiger partial charge in [0.25, 0.3) is 0 Å². The minimum absolute atomic E-state index is 0.284. The maximum Gasteiger partial charge on any atom is 0.151 e. The molecule has 0 spiro atoms. The molecule has 18 heavy (non-hydrogen) atoms. The third-order valence-electron chi connectivity index (χ3n) is 3.58. The van der Waals surface area contributed by atoms with E-state index < -0.39 is 0 Å². The van der Waals surface area contributed by atoms with E-state index in [4.69, 9.17) is 4.74 Å². The molecule has 2 unspecified atom stereocenters. The van der Waals surface area contributed by atoms with Crippen molar-refractivity contribution in [3.8, 4) is 0 Å². The quantitative estimate of drug-likeness (QED) is 0.762. The molecule has 2 aromatic heterocycles. The third-order valence-corrected chi connectivity index (χ3v) is 3.58. The molecule has 0 aliphatic carbocycles. The SMILES string of the molecule is CC1CC(c2nccn3cc(C=O)cc23)CCO1. The molecule has 4 nitrogen and oxygen atoms in total. The summed E-state index contributed by atoms with van der Waals surface area (Å²) in [5.74, 6) is 0.423. The molecule has 0 amide bonds. The Morgan fingerprint density at radius 2 is 2.44 bits per heavy atom. The molecular weight excluding hydrogens is 228 g/mol. The Bertz CT molecular complexity index is 576. The number of nitrogens with zero attached hydrogens (tertiary/aromatic N) is 2. The van der Waals surface area contributed by atoms with E-state index in [2.05, 4.69) is 11.9 Å². The van der Waals surface area contributed by atoms with Crippen LogP contribution in [0.15, 0.2) is 24.7 Å². The van der Waals surface area contributed by atoms with Gasteiger partial charge < -0.3 is 9.14 Å². The number of fused-ring (bicyclic) bond motifs is 1. The average Bonchev–Trinajstić information content (AvgIpc) is 2.81. The summed E-state index contributed by atoms with van der Waals surface area (Å²) >= 11 is 0. The number of hydrogen-bond donors (Lipinski definition) is 0. The Balaban J connectivity index is 2.04. The largest absolute Gasteiger partial charge is 0.378 e. The van der Waals surface area contributed by atoms with E-state index in [1.54, 1.807) is 6.20 Å². The van der Waals surface area contributed by atoms with Crippen molar-refractivity contribution in [3.05, 3.63) is 35.9 Å². The fourth-order valence-electron chi connectivity index (χ4n) is 2.71. The van der Waals surface area contributed by atoms with Gasteiger partial charge in [0.1, 0.15) is 0 Å². The molecule has 1 fully saturated rings. The molecule has 1 aliphatic heterocycles. The molecule has 0 aromatic carbocycles. The fraction of sp³-hybridized carbons (Fsp3) is 0.429. The molecule has 0 radical (unpaired) electrons. The summed E-state index contributed by atoms with van der Waals surface area (Å²) in [6.07, 6.45) is 8.68. The summed E-state index contributed by atoms with van der Waals surface area (Å²) in [6.45, 7) is 2.89. The highest BCUT2D eigenvalue weighted by molar-refractivity contribution is 5.78. The zero-order valence-electron chi connectivity index (χ0n) is 10.4. The Hall–Kier alpha value is -1.68. The lowest BCUT2D eigenvalue weighted by Crippen LogP contribution is -2.22. The van der Waals surface area contributed by atoms with Crippen LogP contribution in [0.25, 0.3) is 5.52 Å². The fourth-order valence-corrected chi connectivity index (χ4v) is 2.71. The van der Waals surface area contributed by atoms with Gasteiger partial charge in [-0.1, -0.05) is 0 Å². The average molecular weight is 244 g/mol. The van der Waals surface area contributed by atoms with Crippen molar-refractivity contribution in [2.24, 2.45) is 0 Å². The second-order valence-electron chi connectivity index (χ2n) is 4.90. The van der Waals surface area contributed by atoms with Crippen LogP contribution < -0.4 is 0 Å². The van der Waals surface area contributed by atoms with Gasteiger partial charge in [0.2, 0.25) is 0 Å². The van der Waals surface area contributed by atoms with Crippen molar-refractivity contribution >= 4 is 11.8 Å². The van der Waals surface area contributed by atoms with Crippen LogP contribution in [0.2, 0.25) is 0 Å². The highest BCUT2D eigenvalue weighted by Crippen LogP contribution is 2.31. The Morgan fingerprint density at radius 1 is 1.56 bits per heavy atom. The first kappa shape index (κ1) is 11.4. The maximum atomic E-state index is 10.9. The first-order valence-corrected chi connectivity index (χ1v) is 6.31. The van der Waals surface area contributed by atoms with Gasteiger partial charge in [-0.3, -0.25) is 9.78 Å². The number of aromatic nitrogens is 2. The molecule has 1 saturated heterocycles. The summed E-state index contributed by atoms with van der Waals surface area (Å²) < 4.78 is 7.56. The van der Waals surface area contributed by atoms with Crippen LogP contribution in [0.1, 0.15) is 41.7 Å². The van der Waals surface area contributed by atoms with E-state index in [1.807, 2.05) is 22.9 Å². The minimum Gasteiger partial charge on any atom is -0.378 e. The lowest BCUT2D eigenvalue weighted by Gasteiger charge is -2.27. The Kier molecular flexibility index (Phi) is 2.88. The molecule has 0 bridgehead atoms. The van der Waals surface area contributed by atoms with Gasteiger partial charge in [-0.2, -0.15) is 0 Å². The van der Waals surface area contributed by atoms with Crippen molar-refractivity contribution in [1.82, 2.24) is 9.38 Å². The van der Waals surface area contributed by atoms with Gasteiger partial charge >= 0.3 is 0 Å². The molecule has 3 heterocycles. The molecule has 4 heteroatoms. The van der Waals surface area contributed by atoms with Crippen molar-refractivity contribution in [2.75, 3.05) is 6.61 Å². The first-order chi connectivity index (χ1) is 8.78. The minimum atomic E-state index is 0.284. The van der Waals surface area contributed by atoms with Crippen molar-refractivity contribution < 1.29 is 9.53 Å². The third kappa shape index (κ3) is 1.93. The van der Waals surface area contributed by atoms with Crippen LogP contribution >= 0.6 is 0 Å². The molecule has 1 aliphatic rings. The zero-order valence-corrected chi connectivity index (χ0v) is 10.4. The smallest absolute Gasteiger partial charge is 0.151 e. The van der Waals surface area contributed by atoms with E-state index >= 15 is 0 Å². The summed E-state index contributed by atoms with van der Waals surface area (Å²) in [7, 11) is 0. The monoisotopic (exact) mass is 244 g/mol. The Labute approximate surface area is 106 Å². The second-order valence-corrected chi connectivity index (χ2v) is 4.90. The van der Waals surface area contributed by atoms with Gasteiger partial charge in [0, 0.05) is 36.7 Å². The summed E-state index contributed by atoms with van der Waals surface area (Å²) in [5.41, 5.74) is 2.82. The topological polar surface area (TPSA) is 43.6 Å². The number of carbonyl (C=O) groups is 1. The van der Waals surface area contributed by atoms with E-state index in [0.29, 0.717) is 11.5 Å². The van der Waals surface area contributed by atoms with Crippen molar-refractivity contribution in [3.63, 3.8) is 0 Å². The second kappa shape index (κ2) is 4.53. The molecule has 3 rings (SSSR count). The van der Waals surface area contributed by atoms with E-state index in [9.17, 15) is 4.79 Å². The van der Waals surface area contributed by atoms with Gasteiger partial charge in [-0.25, -0.2) is 0 Å². The number of hydrogen-bond acceptors (Lipinski definition) is 3. The molecule has 0 saturated carbocycles. The molecule has 94 valence electrons. The lowest BCUT2D eigenvalue weighted by atomic mass is 9.92.